The van der Waals surface area contributed by atoms with Crippen molar-refractivity contribution < 1.29 is 10.2 Å². The highest BCUT2D eigenvalue weighted by Crippen LogP contribution is 2.04. The van der Waals surface area contributed by atoms with Crippen molar-refractivity contribution in [1.82, 2.24) is 0 Å². The van der Waals surface area contributed by atoms with E-state index in [1.165, 1.54) is 42.4 Å². The summed E-state index contributed by atoms with van der Waals surface area (Å²) < 4.78 is 0. The molecule has 1 unspecified atom stereocenters. The van der Waals surface area contributed by atoms with Crippen molar-refractivity contribution in [3.63, 3.8) is 0 Å². The Kier molecular flexibility index (Phi) is 11.9. The minimum Gasteiger partial charge on any atom is -0.397 e. The average molecular weight is 185 g/mol. The third kappa shape index (κ3) is 9.01. The quantitative estimate of drug-likeness (QED) is 0.263. The predicted octanol–water partition coefficient (Wildman–Crippen LogP) is -5.76. The van der Waals surface area contributed by atoms with Crippen LogP contribution in [0.4, 0.5) is 0 Å². The van der Waals surface area contributed by atoms with E-state index in [4.69, 9.17) is 10.2 Å². The molecule has 0 amide bonds. The van der Waals surface area contributed by atoms with E-state index >= 15 is 0 Å². The molecule has 14 heavy (non-hydrogen) atoms. The van der Waals surface area contributed by atoms with E-state index in [2.05, 4.69) is 7.74 Å². The van der Waals surface area contributed by atoms with Crippen LogP contribution in [-0.4, -0.2) is 80.7 Å². The molecule has 0 fully saturated rings. The van der Waals surface area contributed by atoms with Crippen LogP contribution in [0.2, 0.25) is 5.82 Å². The van der Waals surface area contributed by atoms with Gasteiger partial charge in [-0.15, -0.1) is 0 Å². The fourth-order valence-electron chi connectivity index (χ4n) is 1.72. The number of hydrogen-bond donors (Lipinski definition) is 2. The van der Waals surface area contributed by atoms with Gasteiger partial charge in [-0.25, -0.2) is 0 Å². The molecule has 0 heterocycles. The number of aliphatic hydroxyl groups is 2. The summed E-state index contributed by atoms with van der Waals surface area (Å²) in [5, 5.41) is 17.7. The lowest BCUT2D eigenvalue weighted by molar-refractivity contribution is 0.242. The second-order valence-electron chi connectivity index (χ2n) is 4.12. The first-order valence-electron chi connectivity index (χ1n) is 6.06. The molecule has 0 saturated carbocycles. The van der Waals surface area contributed by atoms with Gasteiger partial charge < -0.3 is 10.2 Å². The van der Waals surface area contributed by atoms with E-state index in [0.29, 0.717) is 5.82 Å². The third-order valence-corrected chi connectivity index (χ3v) is 2.76. The zero-order valence-corrected chi connectivity index (χ0v) is 9.54. The Hall–Kier alpha value is 0.439. The number of aliphatic hydroxyl groups excluding tert-OH is 2. The van der Waals surface area contributed by atoms with Gasteiger partial charge in [0.25, 0.3) is 0 Å². The summed E-state index contributed by atoms with van der Waals surface area (Å²) in [7, 11) is 11.1. The highest BCUT2D eigenvalue weighted by Gasteiger charge is 2.08. The van der Waals surface area contributed by atoms with Crippen LogP contribution in [0.5, 0.6) is 0 Å². The number of hydrogen-bond acceptors (Lipinski definition) is 2. The van der Waals surface area contributed by atoms with Crippen molar-refractivity contribution in [3.05, 3.63) is 0 Å². The first kappa shape index (κ1) is 14.4. The van der Waals surface area contributed by atoms with Crippen LogP contribution >= 0.6 is 0 Å². The Balaban J connectivity index is 3.15. The predicted molar refractivity (Wildman–Crippen MR) is 81.1 cm³/mol. The molecule has 0 radical (unpaired) electrons. The first-order valence-corrected chi connectivity index (χ1v) is 6.06. The van der Waals surface area contributed by atoms with Gasteiger partial charge in [-0.3, -0.25) is 0 Å². The maximum Gasteiger partial charge on any atom is 0.0845 e. The third-order valence-electron chi connectivity index (χ3n) is 2.76. The van der Waals surface area contributed by atoms with E-state index < -0.39 is 0 Å². The van der Waals surface area contributed by atoms with Crippen LogP contribution in [0.3, 0.4) is 0 Å². The van der Waals surface area contributed by atoms with Crippen molar-refractivity contribution in [2.75, 3.05) is 13.2 Å². The molecule has 0 aromatic carbocycles. The second-order valence-corrected chi connectivity index (χ2v) is 4.12. The smallest absolute Gasteiger partial charge is 0.0845 e. The Morgan fingerprint density at radius 1 is 1.00 bits per heavy atom. The van der Waals surface area contributed by atoms with Crippen LogP contribution in [-0.2, 0) is 0 Å². The van der Waals surface area contributed by atoms with E-state index in [-0.39, 0.29) is 13.2 Å². The van der Waals surface area contributed by atoms with Crippen molar-refractivity contribution in [2.24, 2.45) is 0 Å². The molecule has 0 saturated heterocycles. The fraction of sp³-hybridized carbons (Fsp3) is 1.00. The van der Waals surface area contributed by atoms with Gasteiger partial charge in [0.05, 0.1) is 14.9 Å². The zero-order chi connectivity index (χ0) is 10.6. The van der Waals surface area contributed by atoms with Crippen LogP contribution in [0.1, 0.15) is 6.42 Å². The molecule has 0 aromatic heterocycles. The standard InChI is InChI=1S/C4H18B8O2/c5-7-9-11-12-10-8-6-4(3-14)1-2-13/h4,6-14H,1-3,5H2. The number of rotatable bonds is 10. The molecule has 0 aromatic rings. The van der Waals surface area contributed by atoms with E-state index in [9.17, 15) is 0 Å². The Morgan fingerprint density at radius 2 is 1.64 bits per heavy atom. The molecule has 0 aliphatic carbocycles. The highest BCUT2D eigenvalue weighted by atomic mass is 16.3. The van der Waals surface area contributed by atoms with Crippen molar-refractivity contribution in [2.45, 2.75) is 12.2 Å². The Bertz CT molecular complexity index is 116. The van der Waals surface area contributed by atoms with Gasteiger partial charge in [0.15, 0.2) is 0 Å². The van der Waals surface area contributed by atoms with Gasteiger partial charge >= 0.3 is 0 Å². The lowest BCUT2D eigenvalue weighted by Gasteiger charge is -2.09. The van der Waals surface area contributed by atoms with Crippen molar-refractivity contribution >= 4 is 57.3 Å². The van der Waals surface area contributed by atoms with Gasteiger partial charge in [-0.05, 0) is 12.2 Å². The summed E-state index contributed by atoms with van der Waals surface area (Å²) in [6, 6.07) is 0. The lowest BCUT2D eigenvalue weighted by Crippen LogP contribution is -2.30. The summed E-state index contributed by atoms with van der Waals surface area (Å²) in [5.74, 6) is 0.325. The van der Waals surface area contributed by atoms with Crippen molar-refractivity contribution in [1.29, 1.82) is 0 Å². The maximum atomic E-state index is 8.99. The van der Waals surface area contributed by atoms with Crippen LogP contribution in [0.25, 0.3) is 0 Å². The van der Waals surface area contributed by atoms with Crippen LogP contribution in [0, 0.1) is 0 Å². The van der Waals surface area contributed by atoms with Gasteiger partial charge in [-0.2, -0.15) is 0 Å². The van der Waals surface area contributed by atoms with E-state index in [1.54, 1.807) is 0 Å². The summed E-state index contributed by atoms with van der Waals surface area (Å²) in [6.45, 7) is 0.441. The summed E-state index contributed by atoms with van der Waals surface area (Å²) in [5.41, 5.74) is 0. The molecule has 2 nitrogen and oxygen atoms in total. The fourth-order valence-corrected chi connectivity index (χ4v) is 1.72. The summed E-state index contributed by atoms with van der Waals surface area (Å²) in [6.07, 6.45) is 0.755. The molecule has 10 heteroatoms. The molecule has 2 N–H and O–H groups in total. The topological polar surface area (TPSA) is 40.5 Å². The van der Waals surface area contributed by atoms with Crippen LogP contribution in [0.15, 0.2) is 0 Å². The first-order chi connectivity index (χ1) is 6.85. The van der Waals surface area contributed by atoms with E-state index in [1.807, 2.05) is 0 Å². The molecule has 0 aliphatic heterocycles. The van der Waals surface area contributed by atoms with Crippen LogP contribution < -0.4 is 0 Å². The Morgan fingerprint density at radius 3 is 2.21 bits per heavy atom. The molecular weight excluding hydrogens is 167 g/mol. The minimum absolute atomic E-state index is 0.209. The lowest BCUT2D eigenvalue weighted by atomic mass is 8.92. The van der Waals surface area contributed by atoms with Gasteiger partial charge in [0.2, 0.25) is 0 Å². The zero-order valence-electron chi connectivity index (χ0n) is 9.54. The SMILES string of the molecule is BBBBBBBBC(CO)CCO. The maximum absolute atomic E-state index is 8.99. The Labute approximate surface area is 93.4 Å². The summed E-state index contributed by atoms with van der Waals surface area (Å²) >= 11 is 0. The van der Waals surface area contributed by atoms with E-state index in [0.717, 1.165) is 13.6 Å². The monoisotopic (exact) mass is 186 g/mol. The molecule has 1 atom stereocenters. The highest BCUT2D eigenvalue weighted by molar-refractivity contribution is 7.65. The van der Waals surface area contributed by atoms with Crippen molar-refractivity contribution in [3.8, 4) is 0 Å². The second kappa shape index (κ2) is 11.5. The normalized spacial score (nSPS) is 11.0. The minimum atomic E-state index is 0.209. The molecule has 0 aliphatic rings. The van der Waals surface area contributed by atoms with Gasteiger partial charge in [0, 0.05) is 55.6 Å². The average Bonchev–Trinajstić information content (AvgIpc) is 2.21. The van der Waals surface area contributed by atoms with Gasteiger partial charge in [-0.1, -0.05) is 0 Å². The summed E-state index contributed by atoms with van der Waals surface area (Å²) in [4.78, 5) is 0. The molecular formula is C4H18B8O2. The molecule has 0 bridgehead atoms. The molecule has 0 spiro atoms. The molecule has 0 rings (SSSR count). The largest absolute Gasteiger partial charge is 0.397 e. The van der Waals surface area contributed by atoms with Gasteiger partial charge in [0.1, 0.15) is 0 Å². The molecule has 70 valence electrons.